The molecule has 1 N–H and O–H groups in total. The summed E-state index contributed by atoms with van der Waals surface area (Å²) in [5.74, 6) is 1.43. The average molecular weight is 415 g/mol. The minimum atomic E-state index is -0.134. The Hall–Kier alpha value is -3.87. The van der Waals surface area contributed by atoms with Crippen molar-refractivity contribution in [1.29, 1.82) is 0 Å². The summed E-state index contributed by atoms with van der Waals surface area (Å²) >= 11 is 0. The molecule has 31 heavy (non-hydrogen) atoms. The van der Waals surface area contributed by atoms with Crippen LogP contribution in [0.25, 0.3) is 22.2 Å². The van der Waals surface area contributed by atoms with Gasteiger partial charge >= 0.3 is 0 Å². The predicted molar refractivity (Wildman–Crippen MR) is 116 cm³/mol. The highest BCUT2D eigenvalue weighted by atomic mass is 16.5. The third kappa shape index (κ3) is 3.48. The van der Waals surface area contributed by atoms with E-state index in [1.807, 2.05) is 29.2 Å². The molecule has 1 amide bonds. The van der Waals surface area contributed by atoms with Gasteiger partial charge in [0, 0.05) is 23.7 Å². The van der Waals surface area contributed by atoms with E-state index in [2.05, 4.69) is 9.97 Å². The fourth-order valence-electron chi connectivity index (χ4n) is 4.12. The van der Waals surface area contributed by atoms with Gasteiger partial charge in [0.1, 0.15) is 17.2 Å². The van der Waals surface area contributed by atoms with E-state index in [-0.39, 0.29) is 17.4 Å². The lowest BCUT2D eigenvalue weighted by atomic mass is 10.1. The summed E-state index contributed by atoms with van der Waals surface area (Å²) in [4.78, 5) is 35.0. The summed E-state index contributed by atoms with van der Waals surface area (Å²) in [6.07, 6.45) is 4.87. The van der Waals surface area contributed by atoms with Gasteiger partial charge in [-0.3, -0.25) is 9.59 Å². The highest BCUT2D eigenvalue weighted by Gasteiger charge is 2.32. The summed E-state index contributed by atoms with van der Waals surface area (Å²) in [5.41, 5.74) is 2.62. The van der Waals surface area contributed by atoms with Gasteiger partial charge < -0.3 is 19.0 Å². The fraction of sp³-hybridized carbons (Fsp3) is 0.208. The SMILES string of the molecule is COc1cccc(-c2cnc(C3CCCN3C(=O)c3ccc4c(=O)ccoc4c3)[nH]2)c1. The van der Waals surface area contributed by atoms with Crippen molar-refractivity contribution in [2.24, 2.45) is 0 Å². The molecule has 1 aliphatic rings. The Morgan fingerprint density at radius 3 is 3.00 bits per heavy atom. The molecule has 156 valence electrons. The third-order valence-corrected chi connectivity index (χ3v) is 5.71. The fourth-order valence-corrected chi connectivity index (χ4v) is 4.12. The number of amides is 1. The Morgan fingerprint density at radius 1 is 1.23 bits per heavy atom. The number of likely N-dealkylation sites (tertiary alicyclic amines) is 1. The molecule has 1 atom stereocenters. The van der Waals surface area contributed by atoms with Gasteiger partial charge in [-0.1, -0.05) is 12.1 Å². The summed E-state index contributed by atoms with van der Waals surface area (Å²) in [7, 11) is 1.64. The van der Waals surface area contributed by atoms with Crippen LogP contribution in [-0.4, -0.2) is 34.4 Å². The minimum Gasteiger partial charge on any atom is -0.497 e. The molecule has 0 radical (unpaired) electrons. The maximum atomic E-state index is 13.3. The zero-order valence-electron chi connectivity index (χ0n) is 17.0. The Kier molecular flexibility index (Phi) is 4.78. The van der Waals surface area contributed by atoms with E-state index >= 15 is 0 Å². The van der Waals surface area contributed by atoms with E-state index in [0.717, 1.165) is 35.7 Å². The van der Waals surface area contributed by atoms with E-state index in [1.165, 1.54) is 12.3 Å². The molecule has 7 heteroatoms. The molecule has 3 heterocycles. The molecule has 2 aromatic carbocycles. The van der Waals surface area contributed by atoms with Crippen molar-refractivity contribution >= 4 is 16.9 Å². The molecule has 4 aromatic rings. The van der Waals surface area contributed by atoms with Crippen LogP contribution in [0, 0.1) is 0 Å². The molecule has 0 spiro atoms. The van der Waals surface area contributed by atoms with Gasteiger partial charge in [0.05, 0.1) is 36.7 Å². The standard InChI is InChI=1S/C24H21N3O4/c1-30-17-5-2-4-15(12-17)19-14-25-23(26-19)20-6-3-10-27(20)24(29)16-7-8-18-21(28)9-11-31-22(18)13-16/h2,4-5,7-9,11-14,20H,3,6,10H2,1H3,(H,25,26). The first kappa shape index (κ1) is 19.1. The highest BCUT2D eigenvalue weighted by Crippen LogP contribution is 2.33. The van der Waals surface area contributed by atoms with Gasteiger partial charge in [-0.25, -0.2) is 4.98 Å². The Bertz CT molecular complexity index is 1320. The topological polar surface area (TPSA) is 88.4 Å². The van der Waals surface area contributed by atoms with Crippen LogP contribution in [0.2, 0.25) is 0 Å². The predicted octanol–water partition coefficient (Wildman–Crippen LogP) is 4.17. The Balaban J connectivity index is 1.43. The number of nitrogens with zero attached hydrogens (tertiary/aromatic N) is 2. The first-order valence-corrected chi connectivity index (χ1v) is 10.2. The number of benzene rings is 2. The number of aromatic nitrogens is 2. The van der Waals surface area contributed by atoms with Crippen LogP contribution in [-0.2, 0) is 0 Å². The van der Waals surface area contributed by atoms with E-state index in [0.29, 0.717) is 23.1 Å². The maximum absolute atomic E-state index is 13.3. The summed E-state index contributed by atoms with van der Waals surface area (Å²) in [6.45, 7) is 0.648. The minimum absolute atomic E-state index is 0.102. The largest absolute Gasteiger partial charge is 0.497 e. The quantitative estimate of drug-likeness (QED) is 0.540. The normalized spacial score (nSPS) is 16.0. The van der Waals surface area contributed by atoms with E-state index in [1.54, 1.807) is 31.5 Å². The second-order valence-corrected chi connectivity index (χ2v) is 7.57. The molecule has 1 fully saturated rings. The Morgan fingerprint density at radius 2 is 2.13 bits per heavy atom. The number of carbonyl (C=O) groups is 1. The highest BCUT2D eigenvalue weighted by molar-refractivity contribution is 5.97. The number of H-pyrrole nitrogens is 1. The van der Waals surface area contributed by atoms with Gasteiger partial charge in [0.2, 0.25) is 0 Å². The van der Waals surface area contributed by atoms with Crippen LogP contribution < -0.4 is 10.2 Å². The van der Waals surface area contributed by atoms with Gasteiger partial charge in [0.25, 0.3) is 5.91 Å². The zero-order chi connectivity index (χ0) is 21.4. The van der Waals surface area contributed by atoms with Gasteiger partial charge in [-0.05, 0) is 43.2 Å². The number of methoxy groups -OCH3 is 1. The van der Waals surface area contributed by atoms with Gasteiger partial charge in [-0.2, -0.15) is 0 Å². The lowest BCUT2D eigenvalue weighted by Crippen LogP contribution is -2.31. The molecular formula is C24H21N3O4. The number of carbonyl (C=O) groups excluding carboxylic acids is 1. The van der Waals surface area contributed by atoms with Gasteiger partial charge in [-0.15, -0.1) is 0 Å². The molecule has 7 nitrogen and oxygen atoms in total. The van der Waals surface area contributed by atoms with E-state index in [9.17, 15) is 9.59 Å². The molecule has 0 bridgehead atoms. The number of nitrogens with one attached hydrogen (secondary N) is 1. The number of hydrogen-bond donors (Lipinski definition) is 1. The van der Waals surface area contributed by atoms with Crippen LogP contribution in [0.5, 0.6) is 5.75 Å². The van der Waals surface area contributed by atoms with Crippen molar-refractivity contribution in [3.63, 3.8) is 0 Å². The zero-order valence-corrected chi connectivity index (χ0v) is 17.0. The summed E-state index contributed by atoms with van der Waals surface area (Å²) < 4.78 is 10.7. The number of aromatic amines is 1. The molecule has 1 unspecified atom stereocenters. The molecule has 2 aromatic heterocycles. The Labute approximate surface area is 178 Å². The number of fused-ring (bicyclic) bond motifs is 1. The first-order valence-electron chi connectivity index (χ1n) is 10.2. The monoisotopic (exact) mass is 415 g/mol. The van der Waals surface area contributed by atoms with Crippen molar-refractivity contribution in [1.82, 2.24) is 14.9 Å². The molecule has 1 saturated heterocycles. The average Bonchev–Trinajstić information content (AvgIpc) is 3.48. The van der Waals surface area contributed by atoms with Crippen molar-refractivity contribution < 1.29 is 13.9 Å². The van der Waals surface area contributed by atoms with Crippen LogP contribution in [0.3, 0.4) is 0 Å². The smallest absolute Gasteiger partial charge is 0.254 e. The number of hydrogen-bond acceptors (Lipinski definition) is 5. The second kappa shape index (κ2) is 7.75. The first-order chi connectivity index (χ1) is 15.1. The molecule has 1 aliphatic heterocycles. The molecule has 0 saturated carbocycles. The van der Waals surface area contributed by atoms with Crippen molar-refractivity contribution in [3.8, 4) is 17.0 Å². The van der Waals surface area contributed by atoms with E-state index in [4.69, 9.17) is 9.15 Å². The maximum Gasteiger partial charge on any atom is 0.254 e. The third-order valence-electron chi connectivity index (χ3n) is 5.71. The number of rotatable bonds is 4. The van der Waals surface area contributed by atoms with Crippen molar-refractivity contribution in [2.75, 3.05) is 13.7 Å². The number of imidazole rings is 1. The van der Waals surface area contributed by atoms with Crippen molar-refractivity contribution in [3.05, 3.63) is 82.6 Å². The van der Waals surface area contributed by atoms with Crippen LogP contribution in [0.15, 0.2) is 70.2 Å². The van der Waals surface area contributed by atoms with Crippen LogP contribution >= 0.6 is 0 Å². The summed E-state index contributed by atoms with van der Waals surface area (Å²) in [5, 5.41) is 0.464. The van der Waals surface area contributed by atoms with Crippen LogP contribution in [0.1, 0.15) is 35.1 Å². The molecule has 5 rings (SSSR count). The summed E-state index contributed by atoms with van der Waals surface area (Å²) in [6, 6.07) is 14.0. The molecular weight excluding hydrogens is 394 g/mol. The lowest BCUT2D eigenvalue weighted by molar-refractivity contribution is 0.0730. The lowest BCUT2D eigenvalue weighted by Gasteiger charge is -2.23. The van der Waals surface area contributed by atoms with E-state index < -0.39 is 0 Å². The van der Waals surface area contributed by atoms with Crippen LogP contribution in [0.4, 0.5) is 0 Å². The number of ether oxygens (including phenoxy) is 1. The van der Waals surface area contributed by atoms with Gasteiger partial charge in [0.15, 0.2) is 5.43 Å². The molecule has 0 aliphatic carbocycles. The van der Waals surface area contributed by atoms with Crippen molar-refractivity contribution in [2.45, 2.75) is 18.9 Å². The second-order valence-electron chi connectivity index (χ2n) is 7.57.